The standard InChI is InChI=1S/C26H28FN3O2S/c1-18-15-21(33-17-18)16-22(19-10-12-20(27)13-11-19)26(32)29-14-6-2-3-9-25(31)30-24-8-5-4-7-23(24)28/h4-5,7-8,10-13,15-17H,2-3,6,9,14,28H2,1H3,(H,29,32)(H,30,31). The molecule has 4 N–H and O–H groups in total. The molecule has 0 aliphatic heterocycles. The topological polar surface area (TPSA) is 84.2 Å². The summed E-state index contributed by atoms with van der Waals surface area (Å²) in [6.07, 6.45) is 4.49. The number of hydrogen-bond donors (Lipinski definition) is 3. The van der Waals surface area contributed by atoms with Crippen LogP contribution in [0.4, 0.5) is 15.8 Å². The van der Waals surface area contributed by atoms with Crippen molar-refractivity contribution in [2.24, 2.45) is 0 Å². The highest BCUT2D eigenvalue weighted by molar-refractivity contribution is 7.11. The summed E-state index contributed by atoms with van der Waals surface area (Å²) in [4.78, 5) is 25.9. The largest absolute Gasteiger partial charge is 0.397 e. The molecule has 33 heavy (non-hydrogen) atoms. The third-order valence-corrected chi connectivity index (χ3v) is 6.04. The molecule has 0 unspecified atom stereocenters. The lowest BCUT2D eigenvalue weighted by molar-refractivity contribution is -0.117. The summed E-state index contributed by atoms with van der Waals surface area (Å²) >= 11 is 1.56. The van der Waals surface area contributed by atoms with Gasteiger partial charge in [0.2, 0.25) is 5.91 Å². The molecule has 172 valence electrons. The quantitative estimate of drug-likeness (QED) is 0.206. The molecule has 0 aliphatic rings. The van der Waals surface area contributed by atoms with Crippen LogP contribution in [0, 0.1) is 12.7 Å². The van der Waals surface area contributed by atoms with Crippen molar-refractivity contribution >= 4 is 46.2 Å². The Hall–Kier alpha value is -3.45. The molecule has 0 spiro atoms. The zero-order valence-electron chi connectivity index (χ0n) is 18.6. The number of nitrogens with two attached hydrogens (primary N) is 1. The minimum Gasteiger partial charge on any atom is -0.397 e. The molecule has 7 heteroatoms. The molecule has 3 aromatic rings. The molecule has 5 nitrogen and oxygen atoms in total. The van der Waals surface area contributed by atoms with Crippen LogP contribution in [0.5, 0.6) is 0 Å². The smallest absolute Gasteiger partial charge is 0.251 e. The van der Waals surface area contributed by atoms with Crippen molar-refractivity contribution in [3.63, 3.8) is 0 Å². The molecular weight excluding hydrogens is 437 g/mol. The number of thiophene rings is 1. The predicted molar refractivity (Wildman–Crippen MR) is 134 cm³/mol. The molecule has 2 amide bonds. The van der Waals surface area contributed by atoms with Crippen molar-refractivity contribution in [1.82, 2.24) is 5.32 Å². The molecule has 0 fully saturated rings. The molecule has 0 saturated carbocycles. The van der Waals surface area contributed by atoms with Gasteiger partial charge in [-0.25, -0.2) is 4.39 Å². The maximum atomic E-state index is 13.3. The molecule has 3 rings (SSSR count). The van der Waals surface area contributed by atoms with E-state index < -0.39 is 0 Å². The predicted octanol–water partition coefficient (Wildman–Crippen LogP) is 5.63. The van der Waals surface area contributed by atoms with Gasteiger partial charge in [0.25, 0.3) is 5.91 Å². The van der Waals surface area contributed by atoms with Crippen LogP contribution in [0.25, 0.3) is 11.6 Å². The zero-order valence-corrected chi connectivity index (χ0v) is 19.4. The van der Waals surface area contributed by atoms with Gasteiger partial charge in [-0.15, -0.1) is 11.3 Å². The summed E-state index contributed by atoms with van der Waals surface area (Å²) in [6, 6.07) is 15.1. The fourth-order valence-electron chi connectivity index (χ4n) is 3.29. The first-order valence-electron chi connectivity index (χ1n) is 10.9. The number of amides is 2. The lowest BCUT2D eigenvalue weighted by Crippen LogP contribution is -2.25. The molecule has 0 bridgehead atoms. The van der Waals surface area contributed by atoms with Crippen molar-refractivity contribution in [3.05, 3.63) is 81.8 Å². The van der Waals surface area contributed by atoms with Crippen LogP contribution in [0.2, 0.25) is 0 Å². The monoisotopic (exact) mass is 465 g/mol. The van der Waals surface area contributed by atoms with Crippen LogP contribution in [0.1, 0.15) is 41.7 Å². The van der Waals surface area contributed by atoms with E-state index in [0.717, 1.165) is 23.3 Å². The van der Waals surface area contributed by atoms with Crippen LogP contribution in [0.15, 0.2) is 60.0 Å². The van der Waals surface area contributed by atoms with Gasteiger partial charge in [0.1, 0.15) is 5.82 Å². The molecule has 0 aliphatic carbocycles. The zero-order chi connectivity index (χ0) is 23.6. The molecular formula is C26H28FN3O2S. The second kappa shape index (κ2) is 12.0. The van der Waals surface area contributed by atoms with E-state index in [9.17, 15) is 14.0 Å². The highest BCUT2D eigenvalue weighted by Crippen LogP contribution is 2.23. The Morgan fingerprint density at radius 1 is 1.06 bits per heavy atom. The molecule has 0 saturated heterocycles. The number of para-hydroxylation sites is 2. The lowest BCUT2D eigenvalue weighted by atomic mass is 10.0. The Morgan fingerprint density at radius 2 is 1.82 bits per heavy atom. The second-order valence-electron chi connectivity index (χ2n) is 7.79. The number of nitrogens with one attached hydrogen (secondary N) is 2. The third-order valence-electron chi connectivity index (χ3n) is 5.04. The number of carbonyl (C=O) groups is 2. The summed E-state index contributed by atoms with van der Waals surface area (Å²) in [7, 11) is 0. The fourth-order valence-corrected chi connectivity index (χ4v) is 4.12. The van der Waals surface area contributed by atoms with Crippen molar-refractivity contribution in [3.8, 4) is 0 Å². The average Bonchev–Trinajstić information content (AvgIpc) is 3.21. The van der Waals surface area contributed by atoms with Crippen LogP contribution >= 0.6 is 11.3 Å². The number of carbonyl (C=O) groups excluding carboxylic acids is 2. The average molecular weight is 466 g/mol. The van der Waals surface area contributed by atoms with Crippen molar-refractivity contribution in [1.29, 1.82) is 0 Å². The number of hydrogen-bond acceptors (Lipinski definition) is 4. The van der Waals surface area contributed by atoms with E-state index >= 15 is 0 Å². The Balaban J connectivity index is 1.47. The van der Waals surface area contributed by atoms with E-state index in [1.165, 1.54) is 12.1 Å². The van der Waals surface area contributed by atoms with E-state index in [1.807, 2.05) is 36.6 Å². The van der Waals surface area contributed by atoms with Gasteiger partial charge in [0.05, 0.1) is 11.4 Å². The summed E-state index contributed by atoms with van der Waals surface area (Å²) in [5, 5.41) is 7.78. The van der Waals surface area contributed by atoms with Gasteiger partial charge in [-0.3, -0.25) is 9.59 Å². The van der Waals surface area contributed by atoms with Gasteiger partial charge in [-0.05, 0) is 72.7 Å². The second-order valence-corrected chi connectivity index (χ2v) is 8.74. The van der Waals surface area contributed by atoms with E-state index in [4.69, 9.17) is 5.73 Å². The first kappa shape index (κ1) is 24.2. The SMILES string of the molecule is Cc1csc(C=C(C(=O)NCCCCCC(=O)Nc2ccccc2N)c2ccc(F)cc2)c1. The maximum absolute atomic E-state index is 13.3. The molecule has 2 aromatic carbocycles. The van der Waals surface area contributed by atoms with Crippen LogP contribution in [-0.2, 0) is 9.59 Å². The number of aryl methyl sites for hydroxylation is 1. The normalized spacial score (nSPS) is 11.3. The van der Waals surface area contributed by atoms with Crippen LogP contribution in [-0.4, -0.2) is 18.4 Å². The van der Waals surface area contributed by atoms with Gasteiger partial charge < -0.3 is 16.4 Å². The molecule has 1 aromatic heterocycles. The molecule has 0 radical (unpaired) electrons. The Kier molecular flexibility index (Phi) is 8.78. The summed E-state index contributed by atoms with van der Waals surface area (Å²) < 4.78 is 13.3. The number of benzene rings is 2. The third kappa shape index (κ3) is 7.57. The first-order chi connectivity index (χ1) is 15.9. The van der Waals surface area contributed by atoms with Crippen molar-refractivity contribution < 1.29 is 14.0 Å². The first-order valence-corrected chi connectivity index (χ1v) is 11.8. The number of unbranched alkanes of at least 4 members (excludes halogenated alkanes) is 2. The number of rotatable bonds is 10. The minimum atomic E-state index is -0.343. The highest BCUT2D eigenvalue weighted by atomic mass is 32.1. The summed E-state index contributed by atoms with van der Waals surface area (Å²) in [5.41, 5.74) is 9.29. The minimum absolute atomic E-state index is 0.0790. The Bertz CT molecular complexity index is 1120. The Labute approximate surface area is 197 Å². The van der Waals surface area contributed by atoms with Gasteiger partial charge >= 0.3 is 0 Å². The van der Waals surface area contributed by atoms with Gasteiger partial charge in [-0.1, -0.05) is 30.7 Å². The number of anilines is 2. The number of nitrogen functional groups attached to an aromatic ring is 1. The van der Waals surface area contributed by atoms with Crippen molar-refractivity contribution in [2.45, 2.75) is 32.6 Å². The maximum Gasteiger partial charge on any atom is 0.251 e. The van der Waals surface area contributed by atoms with Gasteiger partial charge in [0.15, 0.2) is 0 Å². The van der Waals surface area contributed by atoms with Crippen molar-refractivity contribution in [2.75, 3.05) is 17.6 Å². The van der Waals surface area contributed by atoms with E-state index in [1.54, 1.807) is 35.6 Å². The van der Waals surface area contributed by atoms with E-state index in [2.05, 4.69) is 10.6 Å². The summed E-state index contributed by atoms with van der Waals surface area (Å²) in [5.74, 6) is -0.626. The number of halogens is 1. The molecule has 1 heterocycles. The van der Waals surface area contributed by atoms with Gasteiger partial charge in [-0.2, -0.15) is 0 Å². The Morgan fingerprint density at radius 3 is 2.52 bits per heavy atom. The van der Waals surface area contributed by atoms with E-state index in [-0.39, 0.29) is 17.6 Å². The van der Waals surface area contributed by atoms with Crippen LogP contribution < -0.4 is 16.4 Å². The van der Waals surface area contributed by atoms with E-state index in [0.29, 0.717) is 41.9 Å². The summed E-state index contributed by atoms with van der Waals surface area (Å²) in [6.45, 7) is 2.49. The fraction of sp³-hybridized carbons (Fsp3) is 0.231. The highest BCUT2D eigenvalue weighted by Gasteiger charge is 2.13. The van der Waals surface area contributed by atoms with Gasteiger partial charge in [0, 0.05) is 23.4 Å². The molecule has 0 atom stereocenters. The van der Waals surface area contributed by atoms with Crippen LogP contribution in [0.3, 0.4) is 0 Å². The lowest BCUT2D eigenvalue weighted by Gasteiger charge is -2.10.